The largest absolute Gasteiger partial charge is 0.417 e. The van der Waals surface area contributed by atoms with Crippen LogP contribution >= 0.6 is 23.2 Å². The number of aliphatic hydroxyl groups excluding tert-OH is 1. The molecule has 3 aromatic carbocycles. The summed E-state index contributed by atoms with van der Waals surface area (Å²) in [6.45, 7) is 0.221. The number of benzene rings is 3. The molecule has 2 N–H and O–H groups in total. The van der Waals surface area contributed by atoms with Crippen LogP contribution in [0.25, 0.3) is 11.1 Å². The average molecular weight is 614 g/mol. The van der Waals surface area contributed by atoms with Crippen molar-refractivity contribution in [2.45, 2.75) is 43.5 Å². The normalized spacial score (nSPS) is 16.6. The number of aromatic nitrogens is 2. The Hall–Kier alpha value is -3.66. The van der Waals surface area contributed by atoms with Gasteiger partial charge in [-0.15, -0.1) is 0 Å². The zero-order chi connectivity index (χ0) is 29.8. The first-order valence-corrected chi connectivity index (χ1v) is 14.0. The molecule has 1 fully saturated rings. The lowest BCUT2D eigenvalue weighted by molar-refractivity contribution is -0.141. The number of carbonyl (C=O) groups excluding carboxylic acids is 1. The van der Waals surface area contributed by atoms with Crippen LogP contribution in [0.2, 0.25) is 10.0 Å². The van der Waals surface area contributed by atoms with Crippen LogP contribution in [0.1, 0.15) is 52.7 Å². The second kappa shape index (κ2) is 10.6. The van der Waals surface area contributed by atoms with E-state index in [4.69, 9.17) is 28.2 Å². The maximum atomic E-state index is 13.4. The first-order valence-electron chi connectivity index (χ1n) is 13.3. The fourth-order valence-corrected chi connectivity index (χ4v) is 5.95. The van der Waals surface area contributed by atoms with Gasteiger partial charge in [0.25, 0.3) is 11.5 Å². The SMILES string of the molecule is O=C([C@H](O)c1cccc(-c2ccc(Cl)c(C(F)(F)F)c2)c1)N1CCc2nc(C3(c4cccc(Cl)c4)CC3)[nH]c(=O)c2C1. The van der Waals surface area contributed by atoms with Gasteiger partial charge in [-0.3, -0.25) is 9.59 Å². The Kier molecular flexibility index (Phi) is 7.15. The molecule has 0 saturated heterocycles. The van der Waals surface area contributed by atoms with Gasteiger partial charge in [0.2, 0.25) is 0 Å². The Morgan fingerprint density at radius 3 is 2.48 bits per heavy atom. The van der Waals surface area contributed by atoms with Crippen LogP contribution in [0.3, 0.4) is 0 Å². The van der Waals surface area contributed by atoms with Crippen molar-refractivity contribution in [3.63, 3.8) is 0 Å². The highest BCUT2D eigenvalue weighted by atomic mass is 35.5. The number of alkyl halides is 3. The van der Waals surface area contributed by atoms with Crippen molar-refractivity contribution in [1.29, 1.82) is 0 Å². The standard InChI is InChI=1S/C31H24Cl2F3N3O3/c32-21-6-2-5-20(15-21)30(10-11-30)29-37-25-9-12-39(16-22(25)27(41)38-29)28(42)26(40)19-4-1-3-17(13-19)18-7-8-24(33)23(14-18)31(34,35)36/h1-8,13-15,26,40H,9-12,16H2,(H,37,38,41)/t26-/m1/s1. The lowest BCUT2D eigenvalue weighted by atomic mass is 9.94. The summed E-state index contributed by atoms with van der Waals surface area (Å²) in [5.41, 5.74) is 1.10. The Bertz CT molecular complexity index is 1770. The molecule has 1 atom stereocenters. The van der Waals surface area contributed by atoms with E-state index in [0.717, 1.165) is 30.5 Å². The Labute approximate surface area is 248 Å². The molecule has 0 unspecified atom stereocenters. The second-order valence-corrected chi connectivity index (χ2v) is 11.5. The number of hydrogen-bond acceptors (Lipinski definition) is 4. The van der Waals surface area contributed by atoms with Crippen LogP contribution in [-0.4, -0.2) is 32.4 Å². The van der Waals surface area contributed by atoms with Gasteiger partial charge in [0.15, 0.2) is 6.10 Å². The van der Waals surface area contributed by atoms with Crippen LogP contribution in [0.5, 0.6) is 0 Å². The number of nitrogens with zero attached hydrogens (tertiary/aromatic N) is 2. The minimum atomic E-state index is -4.63. The van der Waals surface area contributed by atoms with E-state index in [1.54, 1.807) is 18.2 Å². The molecule has 42 heavy (non-hydrogen) atoms. The topological polar surface area (TPSA) is 86.3 Å². The molecule has 11 heteroatoms. The summed E-state index contributed by atoms with van der Waals surface area (Å²) in [4.78, 5) is 35.6. The predicted octanol–water partition coefficient (Wildman–Crippen LogP) is 6.46. The molecule has 2 aliphatic rings. The molecule has 0 radical (unpaired) electrons. The van der Waals surface area contributed by atoms with Gasteiger partial charge in [-0.05, 0) is 65.4 Å². The number of hydrogen-bond donors (Lipinski definition) is 2. The number of carbonyl (C=O) groups is 1. The van der Waals surface area contributed by atoms with Crippen molar-refractivity contribution >= 4 is 29.1 Å². The van der Waals surface area contributed by atoms with E-state index in [9.17, 15) is 27.9 Å². The minimum absolute atomic E-state index is 0.0240. The molecule has 6 nitrogen and oxygen atoms in total. The van der Waals surface area contributed by atoms with Gasteiger partial charge in [0.05, 0.1) is 33.8 Å². The lowest BCUT2D eigenvalue weighted by Gasteiger charge is -2.30. The summed E-state index contributed by atoms with van der Waals surface area (Å²) in [6.07, 6.45) is -4.21. The second-order valence-electron chi connectivity index (χ2n) is 10.7. The molecular weight excluding hydrogens is 590 g/mol. The van der Waals surface area contributed by atoms with Crippen LogP contribution in [0, 0.1) is 0 Å². The number of halogens is 5. The highest BCUT2D eigenvalue weighted by Crippen LogP contribution is 2.52. The van der Waals surface area contributed by atoms with Crippen molar-refractivity contribution in [3.8, 4) is 11.1 Å². The van der Waals surface area contributed by atoms with E-state index in [1.165, 1.54) is 23.1 Å². The highest BCUT2D eigenvalue weighted by molar-refractivity contribution is 6.31. The van der Waals surface area contributed by atoms with E-state index in [2.05, 4.69) is 4.98 Å². The van der Waals surface area contributed by atoms with Gasteiger partial charge in [-0.2, -0.15) is 13.2 Å². The molecule has 1 aromatic heterocycles. The Balaban J connectivity index is 1.22. The quantitative estimate of drug-likeness (QED) is 0.270. The molecule has 4 aromatic rings. The van der Waals surface area contributed by atoms with Crippen LogP contribution < -0.4 is 5.56 Å². The maximum Gasteiger partial charge on any atom is 0.417 e. The van der Waals surface area contributed by atoms with E-state index >= 15 is 0 Å². The highest BCUT2D eigenvalue weighted by Gasteiger charge is 2.49. The summed E-state index contributed by atoms with van der Waals surface area (Å²) in [7, 11) is 0. The molecule has 6 rings (SSSR count). The first-order chi connectivity index (χ1) is 20.0. The molecule has 1 saturated carbocycles. The average Bonchev–Trinajstić information content (AvgIpc) is 3.78. The third-order valence-corrected chi connectivity index (χ3v) is 8.57. The van der Waals surface area contributed by atoms with Crippen LogP contribution in [0.4, 0.5) is 13.2 Å². The van der Waals surface area contributed by atoms with Crippen LogP contribution in [-0.2, 0) is 29.4 Å². The molecule has 1 aliphatic carbocycles. The Morgan fingerprint density at radius 2 is 1.76 bits per heavy atom. The van der Waals surface area contributed by atoms with Crippen LogP contribution in [0.15, 0.2) is 71.5 Å². The number of amides is 1. The van der Waals surface area contributed by atoms with Gasteiger partial charge in [-0.1, -0.05) is 59.6 Å². The zero-order valence-electron chi connectivity index (χ0n) is 22.0. The summed E-state index contributed by atoms with van der Waals surface area (Å²) < 4.78 is 40.1. The number of fused-ring (bicyclic) bond motifs is 1. The van der Waals surface area contributed by atoms with Crippen molar-refractivity contribution in [3.05, 3.63) is 121 Å². The molecule has 0 bridgehead atoms. The number of rotatable bonds is 5. The first kappa shape index (κ1) is 28.5. The zero-order valence-corrected chi connectivity index (χ0v) is 23.5. The molecule has 1 aliphatic heterocycles. The molecule has 216 valence electrons. The monoisotopic (exact) mass is 613 g/mol. The van der Waals surface area contributed by atoms with E-state index in [-0.39, 0.29) is 29.8 Å². The van der Waals surface area contributed by atoms with Gasteiger partial charge in [-0.25, -0.2) is 4.98 Å². The summed E-state index contributed by atoms with van der Waals surface area (Å²) in [6, 6.07) is 17.2. The summed E-state index contributed by atoms with van der Waals surface area (Å²) >= 11 is 11.9. The van der Waals surface area contributed by atoms with Crippen molar-refractivity contribution in [2.24, 2.45) is 0 Å². The van der Waals surface area contributed by atoms with E-state index in [0.29, 0.717) is 34.1 Å². The third-order valence-electron chi connectivity index (χ3n) is 8.00. The molecule has 2 heterocycles. The summed E-state index contributed by atoms with van der Waals surface area (Å²) in [5.74, 6) is -0.0352. The van der Waals surface area contributed by atoms with Crippen molar-refractivity contribution < 1.29 is 23.1 Å². The number of nitrogens with one attached hydrogen (secondary N) is 1. The molecule has 0 spiro atoms. The van der Waals surface area contributed by atoms with Gasteiger partial charge < -0.3 is 15.0 Å². The summed E-state index contributed by atoms with van der Waals surface area (Å²) in [5, 5.41) is 11.1. The van der Waals surface area contributed by atoms with Crippen molar-refractivity contribution in [2.75, 3.05) is 6.54 Å². The van der Waals surface area contributed by atoms with E-state index < -0.39 is 34.2 Å². The van der Waals surface area contributed by atoms with Gasteiger partial charge in [0, 0.05) is 18.0 Å². The molecular formula is C31H24Cl2F3N3O3. The number of aromatic amines is 1. The molecule has 1 amide bonds. The predicted molar refractivity (Wildman–Crippen MR) is 152 cm³/mol. The van der Waals surface area contributed by atoms with E-state index in [1.807, 2.05) is 18.2 Å². The minimum Gasteiger partial charge on any atom is -0.378 e. The van der Waals surface area contributed by atoms with Gasteiger partial charge >= 0.3 is 6.18 Å². The maximum absolute atomic E-state index is 13.4. The lowest BCUT2D eigenvalue weighted by Crippen LogP contribution is -2.42. The number of aliphatic hydroxyl groups is 1. The van der Waals surface area contributed by atoms with Gasteiger partial charge in [0.1, 0.15) is 5.82 Å². The Morgan fingerprint density at radius 1 is 1.02 bits per heavy atom. The number of H-pyrrole nitrogens is 1. The van der Waals surface area contributed by atoms with Crippen molar-refractivity contribution in [1.82, 2.24) is 14.9 Å². The third kappa shape index (κ3) is 5.21. The fraction of sp³-hybridized carbons (Fsp3) is 0.258. The smallest absolute Gasteiger partial charge is 0.378 e. The fourth-order valence-electron chi connectivity index (χ4n) is 5.54.